The average Bonchev–Trinajstić information content (AvgIpc) is 2.37. The first-order chi connectivity index (χ1) is 10.0. The van der Waals surface area contributed by atoms with Crippen LogP contribution in [-0.2, 0) is 5.79 Å². The van der Waals surface area contributed by atoms with Gasteiger partial charge >= 0.3 is 11.6 Å². The zero-order valence-electron chi connectivity index (χ0n) is 12.0. The highest BCUT2D eigenvalue weighted by Gasteiger charge is 2.76. The molecule has 0 aliphatic rings. The molecule has 0 N–H and O–H groups in total. The Balaban J connectivity index is 3.79. The van der Waals surface area contributed by atoms with Crippen LogP contribution in [0, 0.1) is 30.3 Å². The molecule has 1 rings (SSSR count). The second-order valence-electron chi connectivity index (χ2n) is 4.45. The van der Waals surface area contributed by atoms with Crippen LogP contribution in [0.3, 0.4) is 0 Å². The van der Waals surface area contributed by atoms with Gasteiger partial charge in [-0.05, 0) is 0 Å². The molecule has 0 saturated carbocycles. The lowest BCUT2D eigenvalue weighted by molar-refractivity contribution is -0.987. The van der Waals surface area contributed by atoms with E-state index in [-0.39, 0.29) is 11.9 Å². The van der Waals surface area contributed by atoms with Gasteiger partial charge in [0.2, 0.25) is 11.9 Å². The third kappa shape index (κ3) is 2.52. The van der Waals surface area contributed by atoms with Crippen LogP contribution in [0.1, 0.15) is 5.82 Å². The Labute approximate surface area is 122 Å². The second kappa shape index (κ2) is 5.66. The lowest BCUT2D eigenvalue weighted by atomic mass is 10.3. The van der Waals surface area contributed by atoms with Gasteiger partial charge in [0.05, 0.1) is 0 Å². The fourth-order valence-corrected chi connectivity index (χ4v) is 1.35. The maximum absolute atomic E-state index is 11.1. The Hall–Kier alpha value is -3.19. The van der Waals surface area contributed by atoms with Crippen LogP contribution in [-0.4, -0.2) is 57.9 Å². The summed E-state index contributed by atoms with van der Waals surface area (Å²) in [6.07, 6.45) is 0. The largest absolute Gasteiger partial charge is 0.763 e. The Morgan fingerprint density at radius 1 is 0.773 bits per heavy atom. The summed E-state index contributed by atoms with van der Waals surface area (Å²) >= 11 is 0. The van der Waals surface area contributed by atoms with Gasteiger partial charge in [0, 0.05) is 28.2 Å². The van der Waals surface area contributed by atoms with Gasteiger partial charge in [0.1, 0.15) is 0 Å². The summed E-state index contributed by atoms with van der Waals surface area (Å²) < 4.78 is 0. The van der Waals surface area contributed by atoms with E-state index in [0.29, 0.717) is 0 Å². The summed E-state index contributed by atoms with van der Waals surface area (Å²) in [4.78, 5) is 41.7. The smallest absolute Gasteiger partial charge is 0.347 e. The molecule has 1 aromatic rings. The molecule has 0 saturated heterocycles. The molecule has 0 spiro atoms. The number of rotatable bonds is 6. The Morgan fingerprint density at radius 2 is 1.09 bits per heavy atom. The average molecular weight is 316 g/mol. The number of hydrogen-bond donors (Lipinski definition) is 0. The first-order valence-corrected chi connectivity index (χ1v) is 5.59. The Morgan fingerprint density at radius 3 is 1.32 bits per heavy atom. The number of nitro groups is 3. The van der Waals surface area contributed by atoms with Crippen LogP contribution in [0.4, 0.5) is 11.9 Å². The molecule has 0 bridgehead atoms. The van der Waals surface area contributed by atoms with E-state index in [4.69, 9.17) is 0 Å². The van der Waals surface area contributed by atoms with E-state index in [9.17, 15) is 30.3 Å². The Kier molecular flexibility index (Phi) is 4.34. The fraction of sp³-hybridized carbons (Fsp3) is 0.625. The van der Waals surface area contributed by atoms with Gasteiger partial charge in [-0.15, -0.1) is 0 Å². The summed E-state index contributed by atoms with van der Waals surface area (Å²) in [6.45, 7) is 0. The van der Waals surface area contributed by atoms with Gasteiger partial charge in [0.15, 0.2) is 14.8 Å². The van der Waals surface area contributed by atoms with Gasteiger partial charge < -0.3 is 9.80 Å². The predicted molar refractivity (Wildman–Crippen MR) is 71.1 cm³/mol. The highest BCUT2D eigenvalue weighted by Crippen LogP contribution is 2.26. The van der Waals surface area contributed by atoms with Crippen molar-refractivity contribution in [2.45, 2.75) is 5.79 Å². The minimum Gasteiger partial charge on any atom is -0.347 e. The third-order valence-corrected chi connectivity index (χ3v) is 2.48. The summed E-state index contributed by atoms with van der Waals surface area (Å²) in [7, 11) is 5.85. The van der Waals surface area contributed by atoms with E-state index in [2.05, 4.69) is 15.0 Å². The maximum atomic E-state index is 11.1. The molecule has 14 heteroatoms. The standard InChI is InChI=1S/C8H12N8O6/c1-12(2)6-9-5(10-7(11-6)13(3)4)8(14(17)18,15(19)20)16(21)22/h1-4H3. The monoisotopic (exact) mass is 316 g/mol. The maximum Gasteiger partial charge on any atom is 0.763 e. The SMILES string of the molecule is CN(C)c1nc(N(C)C)nc(C([N+](=O)[O-])([N+](=O)[O-])[N+](=O)[O-])n1. The molecule has 14 nitrogen and oxygen atoms in total. The van der Waals surface area contributed by atoms with Crippen molar-refractivity contribution in [1.29, 1.82) is 0 Å². The van der Waals surface area contributed by atoms with Crippen molar-refractivity contribution in [3.63, 3.8) is 0 Å². The van der Waals surface area contributed by atoms with Crippen LogP contribution in [0.5, 0.6) is 0 Å². The molecule has 0 amide bonds. The molecule has 0 aliphatic heterocycles. The van der Waals surface area contributed by atoms with Crippen molar-refractivity contribution in [3.8, 4) is 0 Å². The molecule has 0 radical (unpaired) electrons. The topological polar surface area (TPSA) is 175 Å². The molecule has 0 fully saturated rings. The zero-order chi connectivity index (χ0) is 17.2. The first kappa shape index (κ1) is 16.9. The second-order valence-corrected chi connectivity index (χ2v) is 4.45. The minimum atomic E-state index is -3.90. The number of aromatic nitrogens is 3. The van der Waals surface area contributed by atoms with E-state index in [1.54, 1.807) is 0 Å². The van der Waals surface area contributed by atoms with Gasteiger partial charge in [0.25, 0.3) is 0 Å². The predicted octanol–water partition coefficient (Wildman–Crippen LogP) is -1.06. The normalized spacial score (nSPS) is 10.9. The summed E-state index contributed by atoms with van der Waals surface area (Å²) in [5.74, 6) is -5.47. The van der Waals surface area contributed by atoms with Crippen molar-refractivity contribution in [2.75, 3.05) is 38.0 Å². The minimum absolute atomic E-state index is 0.191. The molecule has 0 aliphatic carbocycles. The highest BCUT2D eigenvalue weighted by molar-refractivity contribution is 5.37. The van der Waals surface area contributed by atoms with E-state index < -0.39 is 26.4 Å². The summed E-state index contributed by atoms with van der Waals surface area (Å²) in [5, 5.41) is 33.2. The molecule has 0 unspecified atom stereocenters. The van der Waals surface area contributed by atoms with Gasteiger partial charge in [-0.25, -0.2) is 0 Å². The number of anilines is 2. The van der Waals surface area contributed by atoms with Crippen LogP contribution in [0.15, 0.2) is 0 Å². The van der Waals surface area contributed by atoms with Gasteiger partial charge in [-0.1, -0.05) is 0 Å². The Bertz CT molecular complexity index is 569. The molecule has 0 atom stereocenters. The van der Waals surface area contributed by atoms with Crippen LogP contribution in [0.25, 0.3) is 0 Å². The van der Waals surface area contributed by atoms with E-state index in [1.807, 2.05) is 0 Å². The lowest BCUT2D eigenvalue weighted by Gasteiger charge is -2.16. The van der Waals surface area contributed by atoms with E-state index in [1.165, 1.54) is 38.0 Å². The molecule has 0 aromatic carbocycles. The number of hydrogen-bond acceptors (Lipinski definition) is 11. The quantitative estimate of drug-likeness (QED) is 0.355. The molecule has 1 aromatic heterocycles. The third-order valence-electron chi connectivity index (χ3n) is 2.48. The van der Waals surface area contributed by atoms with Crippen molar-refractivity contribution >= 4 is 11.9 Å². The fourth-order valence-electron chi connectivity index (χ4n) is 1.35. The molecular formula is C8H12N8O6. The number of nitrogens with zero attached hydrogens (tertiary/aromatic N) is 8. The lowest BCUT2D eigenvalue weighted by Crippen LogP contribution is -2.51. The van der Waals surface area contributed by atoms with E-state index >= 15 is 0 Å². The van der Waals surface area contributed by atoms with E-state index in [0.717, 1.165) is 0 Å². The molecule has 120 valence electrons. The van der Waals surface area contributed by atoms with Crippen LogP contribution >= 0.6 is 0 Å². The van der Waals surface area contributed by atoms with Gasteiger partial charge in [-0.2, -0.15) is 15.0 Å². The molecule has 1 heterocycles. The summed E-state index contributed by atoms with van der Waals surface area (Å²) in [6, 6.07) is 0. The van der Waals surface area contributed by atoms with Crippen molar-refractivity contribution in [3.05, 3.63) is 36.2 Å². The highest BCUT2D eigenvalue weighted by atomic mass is 16.7. The van der Waals surface area contributed by atoms with Crippen molar-refractivity contribution in [1.82, 2.24) is 15.0 Å². The van der Waals surface area contributed by atoms with Crippen molar-refractivity contribution in [2.24, 2.45) is 0 Å². The summed E-state index contributed by atoms with van der Waals surface area (Å²) in [5.41, 5.74) is 0. The van der Waals surface area contributed by atoms with Crippen molar-refractivity contribution < 1.29 is 14.8 Å². The zero-order valence-corrected chi connectivity index (χ0v) is 12.0. The first-order valence-electron chi connectivity index (χ1n) is 5.59. The van der Waals surface area contributed by atoms with Crippen LogP contribution < -0.4 is 9.80 Å². The van der Waals surface area contributed by atoms with Gasteiger partial charge in [-0.3, -0.25) is 30.3 Å². The molecule has 22 heavy (non-hydrogen) atoms. The van der Waals surface area contributed by atoms with Crippen LogP contribution in [0.2, 0.25) is 0 Å². The molecular weight excluding hydrogens is 304 g/mol.